The summed E-state index contributed by atoms with van der Waals surface area (Å²) in [4.78, 5) is 23.1. The number of hydrogen-bond donors (Lipinski definition) is 1. The van der Waals surface area contributed by atoms with Gasteiger partial charge in [-0.1, -0.05) is 13.8 Å². The van der Waals surface area contributed by atoms with Crippen molar-refractivity contribution in [1.82, 2.24) is 9.97 Å². The predicted octanol–water partition coefficient (Wildman–Crippen LogP) is 4.72. The van der Waals surface area contributed by atoms with E-state index in [0.29, 0.717) is 11.7 Å². The minimum atomic E-state index is -0.0380. The zero-order valence-corrected chi connectivity index (χ0v) is 14.5. The lowest BCUT2D eigenvalue weighted by atomic mass is 10.0. The summed E-state index contributed by atoms with van der Waals surface area (Å²) in [5.74, 6) is 1.14. The number of aromatic nitrogens is 2. The Kier molecular flexibility index (Phi) is 4.27. The molecule has 0 aliphatic rings. The van der Waals surface area contributed by atoms with Crippen molar-refractivity contribution in [2.75, 3.05) is 0 Å². The lowest BCUT2D eigenvalue weighted by Gasteiger charge is -2.02. The Hall–Kier alpha value is -1.72. The molecule has 0 unspecified atom stereocenters. The van der Waals surface area contributed by atoms with Crippen LogP contribution in [-0.2, 0) is 6.42 Å². The molecule has 3 aromatic rings. The molecule has 22 heavy (non-hydrogen) atoms. The molecule has 0 fully saturated rings. The third kappa shape index (κ3) is 3.20. The second-order valence-corrected chi connectivity index (χ2v) is 7.95. The lowest BCUT2D eigenvalue weighted by Crippen LogP contribution is -2.10. The van der Waals surface area contributed by atoms with Gasteiger partial charge in [0, 0.05) is 9.75 Å². The third-order valence-corrected chi connectivity index (χ3v) is 5.22. The summed E-state index contributed by atoms with van der Waals surface area (Å²) in [5.41, 5.74) is 1.07. The molecular weight excluding hydrogens is 312 g/mol. The number of rotatable bonds is 4. The number of nitrogens with one attached hydrogen (secondary N) is 1. The lowest BCUT2D eigenvalue weighted by molar-refractivity contribution is 0.651. The number of aromatic amines is 1. The normalized spacial score (nSPS) is 12.0. The smallest absolute Gasteiger partial charge is 0.260 e. The van der Waals surface area contributed by atoms with Crippen LogP contribution in [0.15, 0.2) is 22.3 Å². The fourth-order valence-electron chi connectivity index (χ4n) is 2.40. The van der Waals surface area contributed by atoms with Gasteiger partial charge in [0.2, 0.25) is 0 Å². The van der Waals surface area contributed by atoms with E-state index in [2.05, 4.69) is 48.3 Å². The molecule has 0 amide bonds. The summed E-state index contributed by atoms with van der Waals surface area (Å²) in [7, 11) is 0. The second-order valence-electron chi connectivity index (χ2n) is 5.77. The molecule has 0 saturated heterocycles. The summed E-state index contributed by atoms with van der Waals surface area (Å²) in [6, 6.07) is 4.15. The van der Waals surface area contributed by atoms with Gasteiger partial charge in [0.15, 0.2) is 0 Å². The summed E-state index contributed by atoms with van der Waals surface area (Å²) < 4.78 is 0. The number of aryl methyl sites for hydroxylation is 1. The number of thiophene rings is 2. The van der Waals surface area contributed by atoms with Gasteiger partial charge in [-0.05, 0) is 54.5 Å². The fourth-order valence-corrected chi connectivity index (χ4v) is 4.14. The van der Waals surface area contributed by atoms with Crippen LogP contribution in [0, 0.1) is 12.8 Å². The minimum Gasteiger partial charge on any atom is -0.306 e. The van der Waals surface area contributed by atoms with Crippen molar-refractivity contribution in [2.45, 2.75) is 27.2 Å². The summed E-state index contributed by atoms with van der Waals surface area (Å²) in [5, 5.41) is 2.81. The third-order valence-electron chi connectivity index (χ3n) is 3.33. The first-order valence-electron chi connectivity index (χ1n) is 7.28. The van der Waals surface area contributed by atoms with Crippen LogP contribution < -0.4 is 5.56 Å². The summed E-state index contributed by atoms with van der Waals surface area (Å²) in [6.07, 6.45) is 4.77. The Morgan fingerprint density at radius 1 is 1.32 bits per heavy atom. The Balaban J connectivity index is 1.96. The molecule has 3 aromatic heterocycles. The van der Waals surface area contributed by atoms with E-state index >= 15 is 0 Å². The highest BCUT2D eigenvalue weighted by Gasteiger charge is 2.11. The number of hydrogen-bond acceptors (Lipinski definition) is 4. The molecule has 0 spiro atoms. The van der Waals surface area contributed by atoms with Crippen molar-refractivity contribution in [3.8, 4) is 0 Å². The van der Waals surface area contributed by atoms with Crippen molar-refractivity contribution < 1.29 is 0 Å². The van der Waals surface area contributed by atoms with Gasteiger partial charge >= 0.3 is 0 Å². The minimum absolute atomic E-state index is 0.0380. The second kappa shape index (κ2) is 6.18. The molecule has 0 aromatic carbocycles. The average molecular weight is 330 g/mol. The van der Waals surface area contributed by atoms with Crippen molar-refractivity contribution in [3.63, 3.8) is 0 Å². The van der Waals surface area contributed by atoms with Crippen LogP contribution in [0.25, 0.3) is 22.4 Å². The van der Waals surface area contributed by atoms with Crippen molar-refractivity contribution in [3.05, 3.63) is 49.0 Å². The highest BCUT2D eigenvalue weighted by Crippen LogP contribution is 2.24. The van der Waals surface area contributed by atoms with E-state index in [9.17, 15) is 4.79 Å². The number of nitrogens with zero attached hydrogens (tertiary/aromatic N) is 1. The molecule has 0 saturated carbocycles. The highest BCUT2D eigenvalue weighted by atomic mass is 32.1. The van der Waals surface area contributed by atoms with Crippen molar-refractivity contribution in [2.24, 2.45) is 5.92 Å². The maximum absolute atomic E-state index is 12.4. The van der Waals surface area contributed by atoms with Gasteiger partial charge in [0.1, 0.15) is 10.7 Å². The van der Waals surface area contributed by atoms with E-state index in [-0.39, 0.29) is 5.56 Å². The first-order chi connectivity index (χ1) is 10.5. The Bertz CT molecular complexity index is 884. The fraction of sp³-hybridized carbons (Fsp3) is 0.294. The maximum Gasteiger partial charge on any atom is 0.260 e. The predicted molar refractivity (Wildman–Crippen MR) is 96.8 cm³/mol. The summed E-state index contributed by atoms with van der Waals surface area (Å²) >= 11 is 3.27. The molecule has 0 radical (unpaired) electrons. The number of fused-ring (bicyclic) bond motifs is 1. The largest absolute Gasteiger partial charge is 0.306 e. The zero-order chi connectivity index (χ0) is 15.7. The maximum atomic E-state index is 12.4. The Morgan fingerprint density at radius 3 is 2.82 bits per heavy atom. The van der Waals surface area contributed by atoms with Gasteiger partial charge in [-0.3, -0.25) is 4.79 Å². The van der Waals surface area contributed by atoms with Gasteiger partial charge in [0.25, 0.3) is 5.56 Å². The van der Waals surface area contributed by atoms with Crippen LogP contribution in [0.3, 0.4) is 0 Å². The molecule has 0 aliphatic carbocycles. The molecule has 3 nitrogen and oxygen atoms in total. The molecule has 0 aliphatic heterocycles. The van der Waals surface area contributed by atoms with Crippen molar-refractivity contribution >= 4 is 45.0 Å². The monoisotopic (exact) mass is 330 g/mol. The van der Waals surface area contributed by atoms with Gasteiger partial charge in [-0.25, -0.2) is 4.98 Å². The van der Waals surface area contributed by atoms with Gasteiger partial charge in [-0.15, -0.1) is 22.7 Å². The SMILES string of the molecule is Cc1ccc(C=Cc2nc3scc(CC(C)C)c3c(=O)[nH]2)s1. The van der Waals surface area contributed by atoms with Gasteiger partial charge in [-0.2, -0.15) is 0 Å². The molecule has 3 heterocycles. The van der Waals surface area contributed by atoms with Crippen LogP contribution in [-0.4, -0.2) is 9.97 Å². The highest BCUT2D eigenvalue weighted by molar-refractivity contribution is 7.16. The summed E-state index contributed by atoms with van der Waals surface area (Å²) in [6.45, 7) is 6.40. The first-order valence-corrected chi connectivity index (χ1v) is 8.97. The first kappa shape index (κ1) is 15.2. The van der Waals surface area contributed by atoms with Crippen molar-refractivity contribution in [1.29, 1.82) is 0 Å². The molecule has 1 N–H and O–H groups in total. The van der Waals surface area contributed by atoms with Gasteiger partial charge in [0.05, 0.1) is 5.39 Å². The molecule has 114 valence electrons. The molecule has 5 heteroatoms. The van der Waals surface area contributed by atoms with E-state index in [1.165, 1.54) is 4.88 Å². The zero-order valence-electron chi connectivity index (χ0n) is 12.8. The quantitative estimate of drug-likeness (QED) is 0.752. The standard InChI is InChI=1S/C17H18N2OS2/c1-10(2)8-12-9-21-17-15(12)16(20)18-14(19-17)7-6-13-5-4-11(3)22-13/h4-7,9-10H,8H2,1-3H3,(H,18,19,20). The van der Waals surface area contributed by atoms with E-state index in [0.717, 1.165) is 27.1 Å². The van der Waals surface area contributed by atoms with Crippen LogP contribution in [0.5, 0.6) is 0 Å². The average Bonchev–Trinajstić information content (AvgIpc) is 3.03. The van der Waals surface area contributed by atoms with Crippen LogP contribution in [0.1, 0.15) is 35.0 Å². The van der Waals surface area contributed by atoms with E-state index < -0.39 is 0 Å². The molecule has 0 bridgehead atoms. The number of H-pyrrole nitrogens is 1. The molecule has 0 atom stereocenters. The molecular formula is C17H18N2OS2. The van der Waals surface area contributed by atoms with E-state index in [4.69, 9.17) is 0 Å². The Morgan fingerprint density at radius 2 is 2.14 bits per heavy atom. The van der Waals surface area contributed by atoms with Gasteiger partial charge < -0.3 is 4.98 Å². The topological polar surface area (TPSA) is 45.8 Å². The van der Waals surface area contributed by atoms with Crippen LogP contribution in [0.2, 0.25) is 0 Å². The molecule has 3 rings (SSSR count). The van der Waals surface area contributed by atoms with Crippen LogP contribution in [0.4, 0.5) is 0 Å². The van der Waals surface area contributed by atoms with E-state index in [1.54, 1.807) is 22.7 Å². The Labute approximate surface area is 137 Å². The van der Waals surface area contributed by atoms with E-state index in [1.807, 2.05) is 12.2 Å². The van der Waals surface area contributed by atoms with Crippen LogP contribution >= 0.6 is 22.7 Å².